The summed E-state index contributed by atoms with van der Waals surface area (Å²) >= 11 is 0. The number of piperidine rings is 1. The maximum Gasteiger partial charge on any atom is 0.246 e. The highest BCUT2D eigenvalue weighted by molar-refractivity contribution is 7.89. The van der Waals surface area contributed by atoms with E-state index in [-0.39, 0.29) is 4.90 Å². The fraction of sp³-hybridized carbons (Fsp3) is 0.600. The van der Waals surface area contributed by atoms with Gasteiger partial charge in [0.1, 0.15) is 10.6 Å². The summed E-state index contributed by atoms with van der Waals surface area (Å²) in [5.74, 6) is 0.959. The van der Waals surface area contributed by atoms with Gasteiger partial charge in [0.05, 0.1) is 7.11 Å². The fourth-order valence-corrected chi connectivity index (χ4v) is 4.49. The van der Waals surface area contributed by atoms with Crippen LogP contribution in [0.3, 0.4) is 0 Å². The number of hydrogen-bond acceptors (Lipinski definition) is 4. The van der Waals surface area contributed by atoms with E-state index in [1.165, 1.54) is 19.6 Å². The highest BCUT2D eigenvalue weighted by Gasteiger charge is 2.31. The van der Waals surface area contributed by atoms with E-state index in [0.717, 1.165) is 19.3 Å². The van der Waals surface area contributed by atoms with E-state index < -0.39 is 10.0 Å². The molecule has 21 heavy (non-hydrogen) atoms. The van der Waals surface area contributed by atoms with Gasteiger partial charge in [-0.1, -0.05) is 19.8 Å². The number of sulfonamides is 1. The monoisotopic (exact) mass is 312 g/mol. The Morgan fingerprint density at radius 1 is 1.33 bits per heavy atom. The maximum atomic E-state index is 12.7. The molecule has 0 saturated carbocycles. The lowest BCUT2D eigenvalue weighted by Gasteiger charge is -2.31. The van der Waals surface area contributed by atoms with Crippen molar-refractivity contribution < 1.29 is 13.2 Å². The molecule has 1 aromatic carbocycles. The SMILES string of the molecule is CCCC1CCN(S(=O)(=O)c2ccc(N)cc2OC)CC1. The fourth-order valence-electron chi connectivity index (χ4n) is 2.88. The van der Waals surface area contributed by atoms with E-state index in [2.05, 4.69) is 6.92 Å². The zero-order valence-corrected chi connectivity index (χ0v) is 13.5. The van der Waals surface area contributed by atoms with Crippen molar-refractivity contribution in [3.63, 3.8) is 0 Å². The van der Waals surface area contributed by atoms with Crippen LogP contribution in [0.1, 0.15) is 32.6 Å². The second kappa shape index (κ2) is 6.66. The van der Waals surface area contributed by atoms with E-state index in [1.54, 1.807) is 16.4 Å². The number of ether oxygens (including phenoxy) is 1. The molecule has 0 radical (unpaired) electrons. The van der Waals surface area contributed by atoms with Gasteiger partial charge in [-0.15, -0.1) is 0 Å². The summed E-state index contributed by atoms with van der Waals surface area (Å²) in [7, 11) is -2.05. The molecule has 0 aromatic heterocycles. The molecule has 118 valence electrons. The maximum absolute atomic E-state index is 12.7. The van der Waals surface area contributed by atoms with E-state index in [0.29, 0.717) is 30.4 Å². The Labute approximate surface area is 127 Å². The predicted octanol–water partition coefficient (Wildman–Crippen LogP) is 2.48. The first kappa shape index (κ1) is 16.1. The predicted molar refractivity (Wildman–Crippen MR) is 83.8 cm³/mol. The highest BCUT2D eigenvalue weighted by Crippen LogP contribution is 2.31. The molecular weight excluding hydrogens is 288 g/mol. The summed E-state index contributed by atoms with van der Waals surface area (Å²) in [4.78, 5) is 0.202. The Balaban J connectivity index is 2.20. The lowest BCUT2D eigenvalue weighted by Crippen LogP contribution is -2.38. The minimum Gasteiger partial charge on any atom is -0.495 e. The summed E-state index contributed by atoms with van der Waals surface area (Å²) in [6.07, 6.45) is 4.21. The molecule has 0 amide bonds. The molecule has 0 unspecified atom stereocenters. The third-order valence-corrected chi connectivity index (χ3v) is 6.01. The van der Waals surface area contributed by atoms with Crippen LogP contribution >= 0.6 is 0 Å². The molecule has 1 saturated heterocycles. The van der Waals surface area contributed by atoms with Crippen molar-refractivity contribution in [3.8, 4) is 5.75 Å². The number of methoxy groups -OCH3 is 1. The summed E-state index contributed by atoms with van der Waals surface area (Å²) < 4.78 is 32.2. The second-order valence-corrected chi connectivity index (χ2v) is 7.45. The van der Waals surface area contributed by atoms with Crippen LogP contribution in [0.4, 0.5) is 5.69 Å². The molecule has 1 aliphatic rings. The van der Waals surface area contributed by atoms with Crippen LogP contribution in [0.2, 0.25) is 0 Å². The van der Waals surface area contributed by atoms with Gasteiger partial charge in [-0.3, -0.25) is 0 Å². The summed E-state index contributed by atoms with van der Waals surface area (Å²) in [6, 6.07) is 4.68. The zero-order valence-electron chi connectivity index (χ0n) is 12.7. The number of anilines is 1. The van der Waals surface area contributed by atoms with Gasteiger partial charge in [0.15, 0.2) is 0 Å². The normalized spacial score (nSPS) is 17.8. The molecule has 5 nitrogen and oxygen atoms in total. The minimum absolute atomic E-state index is 0.202. The average molecular weight is 312 g/mol. The van der Waals surface area contributed by atoms with Crippen LogP contribution in [0.15, 0.2) is 23.1 Å². The Bertz CT molecular complexity index is 579. The topological polar surface area (TPSA) is 72.6 Å². The van der Waals surface area contributed by atoms with Crippen LogP contribution in [0.25, 0.3) is 0 Å². The summed E-state index contributed by atoms with van der Waals surface area (Å²) in [5, 5.41) is 0. The van der Waals surface area contributed by atoms with Crippen molar-refractivity contribution in [2.45, 2.75) is 37.5 Å². The standard InChI is InChI=1S/C15H24N2O3S/c1-3-4-12-7-9-17(10-8-12)21(18,19)15-6-5-13(16)11-14(15)20-2/h5-6,11-12H,3-4,7-10,16H2,1-2H3. The molecule has 2 rings (SSSR count). The van der Waals surface area contributed by atoms with Crippen molar-refractivity contribution in [1.82, 2.24) is 4.31 Å². The van der Waals surface area contributed by atoms with Crippen molar-refractivity contribution in [3.05, 3.63) is 18.2 Å². The van der Waals surface area contributed by atoms with Gasteiger partial charge in [-0.2, -0.15) is 4.31 Å². The van der Waals surface area contributed by atoms with Crippen LogP contribution in [-0.2, 0) is 10.0 Å². The lowest BCUT2D eigenvalue weighted by molar-refractivity contribution is 0.261. The quantitative estimate of drug-likeness (QED) is 0.848. The second-order valence-electron chi connectivity index (χ2n) is 5.55. The number of hydrogen-bond donors (Lipinski definition) is 1. The summed E-state index contributed by atoms with van der Waals surface area (Å²) in [6.45, 7) is 3.34. The molecule has 6 heteroatoms. The van der Waals surface area contributed by atoms with Crippen LogP contribution in [0, 0.1) is 5.92 Å². The summed E-state index contributed by atoms with van der Waals surface area (Å²) in [5.41, 5.74) is 6.18. The molecule has 0 atom stereocenters. The molecule has 2 N–H and O–H groups in total. The highest BCUT2D eigenvalue weighted by atomic mass is 32.2. The van der Waals surface area contributed by atoms with Crippen molar-refractivity contribution in [1.29, 1.82) is 0 Å². The first-order valence-corrected chi connectivity index (χ1v) is 8.86. The van der Waals surface area contributed by atoms with Gasteiger partial charge in [0, 0.05) is 24.8 Å². The van der Waals surface area contributed by atoms with Gasteiger partial charge in [-0.05, 0) is 30.9 Å². The van der Waals surface area contributed by atoms with E-state index in [1.807, 2.05) is 0 Å². The van der Waals surface area contributed by atoms with E-state index in [9.17, 15) is 8.42 Å². The van der Waals surface area contributed by atoms with Crippen molar-refractivity contribution in [2.24, 2.45) is 5.92 Å². The van der Waals surface area contributed by atoms with Crippen LogP contribution in [0.5, 0.6) is 5.75 Å². The number of nitrogens with zero attached hydrogens (tertiary/aromatic N) is 1. The van der Waals surface area contributed by atoms with Crippen molar-refractivity contribution in [2.75, 3.05) is 25.9 Å². The van der Waals surface area contributed by atoms with Gasteiger partial charge in [0.2, 0.25) is 10.0 Å². The third-order valence-electron chi connectivity index (χ3n) is 4.08. The largest absolute Gasteiger partial charge is 0.495 e. The molecule has 0 aliphatic carbocycles. The number of nitrogens with two attached hydrogens (primary N) is 1. The Kier molecular flexibility index (Phi) is 5.11. The first-order chi connectivity index (χ1) is 9.98. The minimum atomic E-state index is -3.51. The van der Waals surface area contributed by atoms with Crippen LogP contribution < -0.4 is 10.5 Å². The molecule has 1 fully saturated rings. The average Bonchev–Trinajstić information content (AvgIpc) is 2.47. The first-order valence-electron chi connectivity index (χ1n) is 7.42. The van der Waals surface area contributed by atoms with E-state index >= 15 is 0 Å². The van der Waals surface area contributed by atoms with Crippen molar-refractivity contribution >= 4 is 15.7 Å². The van der Waals surface area contributed by atoms with Gasteiger partial charge < -0.3 is 10.5 Å². The number of nitrogen functional groups attached to an aromatic ring is 1. The molecular formula is C15H24N2O3S. The molecule has 0 bridgehead atoms. The Morgan fingerprint density at radius 3 is 2.57 bits per heavy atom. The lowest BCUT2D eigenvalue weighted by atomic mass is 9.94. The Hall–Kier alpha value is -1.27. The van der Waals surface area contributed by atoms with Crippen LogP contribution in [-0.4, -0.2) is 32.9 Å². The van der Waals surface area contributed by atoms with E-state index in [4.69, 9.17) is 10.5 Å². The van der Waals surface area contributed by atoms with Gasteiger partial charge in [-0.25, -0.2) is 8.42 Å². The zero-order chi connectivity index (χ0) is 15.5. The molecule has 0 spiro atoms. The number of benzene rings is 1. The number of rotatable bonds is 5. The molecule has 1 aliphatic heterocycles. The third kappa shape index (κ3) is 3.49. The Morgan fingerprint density at radius 2 is 2.00 bits per heavy atom. The van der Waals surface area contributed by atoms with Gasteiger partial charge >= 0.3 is 0 Å². The van der Waals surface area contributed by atoms with Gasteiger partial charge in [0.25, 0.3) is 0 Å². The molecule has 1 heterocycles. The molecule has 1 aromatic rings. The smallest absolute Gasteiger partial charge is 0.246 e.